The van der Waals surface area contributed by atoms with Crippen LogP contribution in [0.15, 0.2) is 18.2 Å². The summed E-state index contributed by atoms with van der Waals surface area (Å²) in [6, 6.07) is 6.05. The molecule has 3 rings (SSSR count). The molecular formula is C16H23N3O2. The van der Waals surface area contributed by atoms with Crippen molar-refractivity contribution in [1.82, 2.24) is 5.32 Å². The molecule has 0 radical (unpaired) electrons. The largest absolute Gasteiger partial charge is 0.475 e. The predicted octanol–water partition coefficient (Wildman–Crippen LogP) is 1.99. The number of nitrogens with one attached hydrogen (secondary N) is 2. The Morgan fingerprint density at radius 1 is 1.24 bits per heavy atom. The van der Waals surface area contributed by atoms with Crippen LogP contribution in [0.2, 0.25) is 0 Å². The molecular weight excluding hydrogens is 266 g/mol. The summed E-state index contributed by atoms with van der Waals surface area (Å²) in [6.45, 7) is 7.99. The van der Waals surface area contributed by atoms with Crippen molar-refractivity contribution in [1.29, 1.82) is 0 Å². The molecule has 2 aliphatic rings. The van der Waals surface area contributed by atoms with E-state index >= 15 is 0 Å². The van der Waals surface area contributed by atoms with Gasteiger partial charge in [-0.1, -0.05) is 13.8 Å². The zero-order valence-electron chi connectivity index (χ0n) is 12.7. The second kappa shape index (κ2) is 5.56. The number of carbonyl (C=O) groups is 1. The molecule has 114 valence electrons. The Hall–Kier alpha value is -1.75. The van der Waals surface area contributed by atoms with E-state index < -0.39 is 5.60 Å². The number of carbonyl (C=O) groups excluding carboxylic acids is 1. The summed E-state index contributed by atoms with van der Waals surface area (Å²) in [6.07, 6.45) is 1.35. The number of amides is 1. The first kappa shape index (κ1) is 14.2. The topological polar surface area (TPSA) is 53.6 Å². The zero-order valence-corrected chi connectivity index (χ0v) is 12.7. The average Bonchev–Trinajstić information content (AvgIpc) is 2.55. The molecule has 0 spiro atoms. The van der Waals surface area contributed by atoms with Crippen molar-refractivity contribution in [2.45, 2.75) is 32.3 Å². The number of rotatable bonds is 3. The summed E-state index contributed by atoms with van der Waals surface area (Å²) in [5.74, 6) is 0.754. The highest BCUT2D eigenvalue weighted by Gasteiger charge is 2.41. The van der Waals surface area contributed by atoms with Crippen molar-refractivity contribution in [3.05, 3.63) is 18.2 Å². The summed E-state index contributed by atoms with van der Waals surface area (Å²) >= 11 is 0. The van der Waals surface area contributed by atoms with Crippen molar-refractivity contribution in [3.63, 3.8) is 0 Å². The minimum Gasteiger partial charge on any atom is -0.475 e. The van der Waals surface area contributed by atoms with Gasteiger partial charge in [-0.3, -0.25) is 4.79 Å². The first-order valence-corrected chi connectivity index (χ1v) is 7.78. The first-order valence-electron chi connectivity index (χ1n) is 7.78. The van der Waals surface area contributed by atoms with E-state index in [1.165, 1.54) is 0 Å². The highest BCUT2D eigenvalue weighted by Crippen LogP contribution is 2.39. The highest BCUT2D eigenvalue weighted by atomic mass is 16.5. The van der Waals surface area contributed by atoms with Gasteiger partial charge in [-0.15, -0.1) is 0 Å². The van der Waals surface area contributed by atoms with E-state index in [2.05, 4.69) is 27.7 Å². The fourth-order valence-corrected chi connectivity index (χ4v) is 3.03. The molecule has 1 amide bonds. The van der Waals surface area contributed by atoms with Gasteiger partial charge in [0.25, 0.3) is 5.91 Å². The van der Waals surface area contributed by atoms with Gasteiger partial charge in [-0.05, 0) is 25.0 Å². The molecule has 1 saturated heterocycles. The molecule has 0 atom stereocenters. The van der Waals surface area contributed by atoms with Crippen LogP contribution in [0.5, 0.6) is 5.75 Å². The third kappa shape index (κ3) is 2.46. The minimum atomic E-state index is -0.727. The second-order valence-corrected chi connectivity index (χ2v) is 5.68. The summed E-state index contributed by atoms with van der Waals surface area (Å²) < 4.78 is 6.11. The van der Waals surface area contributed by atoms with Gasteiger partial charge in [0.2, 0.25) is 0 Å². The average molecular weight is 289 g/mol. The molecule has 5 nitrogen and oxygen atoms in total. The Bertz CT molecular complexity index is 534. The van der Waals surface area contributed by atoms with Crippen molar-refractivity contribution in [2.75, 3.05) is 36.4 Å². The molecule has 0 bridgehead atoms. The SMILES string of the molecule is CCC1(CC)Oc2cc(N3CCNCC3)ccc2NC1=O. The van der Waals surface area contributed by atoms with Gasteiger partial charge in [-0.2, -0.15) is 0 Å². The van der Waals surface area contributed by atoms with Crippen LogP contribution in [0.4, 0.5) is 11.4 Å². The Labute approximate surface area is 125 Å². The van der Waals surface area contributed by atoms with E-state index in [4.69, 9.17) is 4.74 Å². The summed E-state index contributed by atoms with van der Waals surface area (Å²) in [7, 11) is 0. The number of fused-ring (bicyclic) bond motifs is 1. The number of ether oxygens (including phenoxy) is 1. The van der Waals surface area contributed by atoms with Gasteiger partial charge in [0.1, 0.15) is 5.75 Å². The van der Waals surface area contributed by atoms with Crippen LogP contribution in [0.3, 0.4) is 0 Å². The lowest BCUT2D eigenvalue weighted by molar-refractivity contribution is -0.133. The lowest BCUT2D eigenvalue weighted by Gasteiger charge is -2.37. The maximum atomic E-state index is 12.3. The maximum absolute atomic E-state index is 12.3. The molecule has 0 unspecified atom stereocenters. The molecule has 0 aliphatic carbocycles. The van der Waals surface area contributed by atoms with Crippen molar-refractivity contribution >= 4 is 17.3 Å². The van der Waals surface area contributed by atoms with Gasteiger partial charge in [0, 0.05) is 37.9 Å². The van der Waals surface area contributed by atoms with E-state index in [-0.39, 0.29) is 5.91 Å². The molecule has 0 aromatic heterocycles. The molecule has 5 heteroatoms. The fourth-order valence-electron chi connectivity index (χ4n) is 3.03. The zero-order chi connectivity index (χ0) is 14.9. The number of benzene rings is 1. The van der Waals surface area contributed by atoms with Crippen LogP contribution in [0, 0.1) is 0 Å². The highest BCUT2D eigenvalue weighted by molar-refractivity contribution is 6.01. The van der Waals surface area contributed by atoms with Crippen molar-refractivity contribution in [3.8, 4) is 5.75 Å². The molecule has 21 heavy (non-hydrogen) atoms. The first-order chi connectivity index (χ1) is 10.2. The monoisotopic (exact) mass is 289 g/mol. The van der Waals surface area contributed by atoms with Crippen molar-refractivity contribution < 1.29 is 9.53 Å². The normalized spacial score (nSPS) is 20.5. The minimum absolute atomic E-state index is 0.0325. The maximum Gasteiger partial charge on any atom is 0.268 e. The van der Waals surface area contributed by atoms with Crippen LogP contribution in [-0.4, -0.2) is 37.7 Å². The molecule has 2 aliphatic heterocycles. The van der Waals surface area contributed by atoms with E-state index in [1.54, 1.807) is 0 Å². The smallest absolute Gasteiger partial charge is 0.268 e. The number of piperazine rings is 1. The Morgan fingerprint density at radius 2 is 1.95 bits per heavy atom. The summed E-state index contributed by atoms with van der Waals surface area (Å²) in [4.78, 5) is 14.6. The van der Waals surface area contributed by atoms with Gasteiger partial charge >= 0.3 is 0 Å². The number of hydrogen-bond acceptors (Lipinski definition) is 4. The quantitative estimate of drug-likeness (QED) is 0.893. The third-order valence-electron chi connectivity index (χ3n) is 4.56. The molecule has 0 saturated carbocycles. The van der Waals surface area contributed by atoms with Gasteiger partial charge in [0.05, 0.1) is 5.69 Å². The Morgan fingerprint density at radius 3 is 2.62 bits per heavy atom. The number of nitrogens with zero attached hydrogens (tertiary/aromatic N) is 1. The molecule has 2 N–H and O–H groups in total. The second-order valence-electron chi connectivity index (χ2n) is 5.68. The summed E-state index contributed by atoms with van der Waals surface area (Å²) in [5, 5.41) is 6.34. The van der Waals surface area contributed by atoms with E-state index in [9.17, 15) is 4.79 Å². The van der Waals surface area contributed by atoms with Gasteiger partial charge < -0.3 is 20.3 Å². The Kier molecular flexibility index (Phi) is 3.76. The van der Waals surface area contributed by atoms with Crippen LogP contribution >= 0.6 is 0 Å². The van der Waals surface area contributed by atoms with Crippen molar-refractivity contribution in [2.24, 2.45) is 0 Å². The van der Waals surface area contributed by atoms with Gasteiger partial charge in [0.15, 0.2) is 5.60 Å². The van der Waals surface area contributed by atoms with Crippen LogP contribution in [0.25, 0.3) is 0 Å². The molecule has 1 aromatic carbocycles. The van der Waals surface area contributed by atoms with Crippen LogP contribution in [0.1, 0.15) is 26.7 Å². The summed E-state index contributed by atoms with van der Waals surface area (Å²) in [5.41, 5.74) is 1.21. The fraction of sp³-hybridized carbons (Fsp3) is 0.562. The molecule has 2 heterocycles. The van der Waals surface area contributed by atoms with Crippen LogP contribution < -0.4 is 20.3 Å². The number of hydrogen-bond donors (Lipinski definition) is 2. The standard InChI is InChI=1S/C16H23N3O2/c1-3-16(4-2)15(20)18-13-6-5-12(11-14(13)21-16)19-9-7-17-8-10-19/h5-6,11,17H,3-4,7-10H2,1-2H3,(H,18,20). The van der Waals surface area contributed by atoms with Crippen LogP contribution in [-0.2, 0) is 4.79 Å². The lowest BCUT2D eigenvalue weighted by Crippen LogP contribution is -2.50. The lowest BCUT2D eigenvalue weighted by atomic mass is 9.94. The predicted molar refractivity (Wildman–Crippen MR) is 84.1 cm³/mol. The molecule has 1 fully saturated rings. The van der Waals surface area contributed by atoms with Gasteiger partial charge in [-0.25, -0.2) is 0 Å². The third-order valence-corrected chi connectivity index (χ3v) is 4.56. The van der Waals surface area contributed by atoms with E-state index in [0.717, 1.165) is 43.3 Å². The Balaban J connectivity index is 1.90. The van der Waals surface area contributed by atoms with E-state index in [0.29, 0.717) is 12.8 Å². The molecule has 1 aromatic rings. The van der Waals surface area contributed by atoms with E-state index in [1.807, 2.05) is 19.9 Å². The number of anilines is 2.